The van der Waals surface area contributed by atoms with E-state index in [0.29, 0.717) is 11.1 Å². The highest BCUT2D eigenvalue weighted by Crippen LogP contribution is 2.30. The van der Waals surface area contributed by atoms with Crippen LogP contribution in [0.2, 0.25) is 0 Å². The molecule has 0 amide bonds. The maximum absolute atomic E-state index is 12.0. The highest BCUT2D eigenvalue weighted by atomic mass is 32.2. The number of carbonyl (C=O) groups excluding carboxylic acids is 1. The van der Waals surface area contributed by atoms with Gasteiger partial charge in [-0.1, -0.05) is 6.07 Å². The van der Waals surface area contributed by atoms with Gasteiger partial charge >= 0.3 is 10.1 Å². The molecular formula is C11H12N4O4S2. The van der Waals surface area contributed by atoms with E-state index in [-0.39, 0.29) is 4.88 Å². The van der Waals surface area contributed by atoms with Crippen LogP contribution in [0.25, 0.3) is 10.1 Å². The van der Waals surface area contributed by atoms with E-state index in [1.165, 1.54) is 0 Å². The third kappa shape index (κ3) is 3.61. The SMILES string of the molecule is NC(N)=NOS(=O)(=O)CC(=O)c1cc2c(N)cccc2s1. The molecule has 0 atom stereocenters. The van der Waals surface area contributed by atoms with Crippen LogP contribution in [0, 0.1) is 0 Å². The van der Waals surface area contributed by atoms with E-state index in [2.05, 4.69) is 9.44 Å². The smallest absolute Gasteiger partial charge is 0.336 e. The maximum Gasteiger partial charge on any atom is 0.336 e. The fourth-order valence-electron chi connectivity index (χ4n) is 1.58. The lowest BCUT2D eigenvalue weighted by Crippen LogP contribution is -2.24. The van der Waals surface area contributed by atoms with Crippen molar-refractivity contribution in [3.63, 3.8) is 0 Å². The van der Waals surface area contributed by atoms with E-state index < -0.39 is 27.6 Å². The van der Waals surface area contributed by atoms with Crippen LogP contribution in [0.3, 0.4) is 0 Å². The van der Waals surface area contributed by atoms with Crippen molar-refractivity contribution in [1.29, 1.82) is 0 Å². The van der Waals surface area contributed by atoms with Crippen molar-refractivity contribution in [3.05, 3.63) is 29.1 Å². The molecule has 0 fully saturated rings. The molecule has 1 aromatic carbocycles. The number of hydrogen-bond acceptors (Lipinski definition) is 7. The average molecular weight is 328 g/mol. The molecule has 21 heavy (non-hydrogen) atoms. The number of nitrogen functional groups attached to an aromatic ring is 1. The van der Waals surface area contributed by atoms with Crippen molar-refractivity contribution >= 4 is 49.0 Å². The molecule has 0 saturated carbocycles. The summed E-state index contributed by atoms with van der Waals surface area (Å²) < 4.78 is 28.0. The summed E-state index contributed by atoms with van der Waals surface area (Å²) in [6.45, 7) is 0. The Morgan fingerprint density at radius 3 is 2.67 bits per heavy atom. The Balaban J connectivity index is 2.23. The Hall–Kier alpha value is -2.33. The number of rotatable bonds is 5. The molecule has 2 rings (SSSR count). The summed E-state index contributed by atoms with van der Waals surface area (Å²) in [5, 5.41) is 3.62. The second-order valence-electron chi connectivity index (χ2n) is 4.09. The summed E-state index contributed by atoms with van der Waals surface area (Å²) in [5.41, 5.74) is 16.2. The topological polar surface area (TPSA) is 151 Å². The number of anilines is 1. The van der Waals surface area contributed by atoms with E-state index in [0.717, 1.165) is 16.0 Å². The number of thiophene rings is 1. The number of Topliss-reactive ketones (excluding diaryl/α,β-unsaturated/α-hetero) is 1. The molecule has 0 bridgehead atoms. The average Bonchev–Trinajstić information content (AvgIpc) is 2.82. The van der Waals surface area contributed by atoms with Gasteiger partial charge in [0.25, 0.3) is 0 Å². The van der Waals surface area contributed by atoms with E-state index in [1.807, 2.05) is 0 Å². The Kier molecular flexibility index (Phi) is 4.00. The van der Waals surface area contributed by atoms with E-state index >= 15 is 0 Å². The first-order valence-electron chi connectivity index (χ1n) is 5.60. The molecule has 8 nitrogen and oxygen atoms in total. The summed E-state index contributed by atoms with van der Waals surface area (Å²) in [6, 6.07) is 6.79. The standard InChI is InChI=1S/C11H12N4O4S2/c12-7-2-1-3-9-6(7)4-10(20-9)8(16)5-21(17,18)19-15-11(13)14/h1-4H,5,12H2,(H4,13,14,15). The highest BCUT2D eigenvalue weighted by Gasteiger charge is 2.21. The third-order valence-corrected chi connectivity index (χ3v) is 4.49. The van der Waals surface area contributed by atoms with Crippen molar-refractivity contribution < 1.29 is 17.5 Å². The molecule has 0 spiro atoms. The predicted octanol–water partition coefficient (Wildman–Crippen LogP) is 0.201. The van der Waals surface area contributed by atoms with Crippen molar-refractivity contribution in [1.82, 2.24) is 0 Å². The largest absolute Gasteiger partial charge is 0.398 e. The summed E-state index contributed by atoms with van der Waals surface area (Å²) >= 11 is 1.15. The monoisotopic (exact) mass is 328 g/mol. The number of ketones is 1. The second kappa shape index (κ2) is 5.58. The fourth-order valence-corrected chi connectivity index (χ4v) is 3.43. The zero-order chi connectivity index (χ0) is 15.6. The molecule has 0 aliphatic heterocycles. The fraction of sp³-hybridized carbons (Fsp3) is 0.0909. The Bertz CT molecular complexity index is 822. The Morgan fingerprint density at radius 2 is 2.05 bits per heavy atom. The van der Waals surface area contributed by atoms with Gasteiger partial charge in [-0.3, -0.25) is 9.08 Å². The molecule has 0 aliphatic carbocycles. The van der Waals surface area contributed by atoms with Gasteiger partial charge in [-0.15, -0.1) is 11.3 Å². The summed E-state index contributed by atoms with van der Waals surface area (Å²) in [4.78, 5) is 12.2. The van der Waals surface area contributed by atoms with Gasteiger partial charge in [0.05, 0.1) is 4.88 Å². The van der Waals surface area contributed by atoms with Crippen molar-refractivity contribution in [3.8, 4) is 0 Å². The van der Waals surface area contributed by atoms with Crippen LogP contribution < -0.4 is 17.2 Å². The van der Waals surface area contributed by atoms with Gasteiger partial charge in [0.2, 0.25) is 5.96 Å². The molecule has 112 valence electrons. The van der Waals surface area contributed by atoms with Crippen LogP contribution in [0.15, 0.2) is 29.4 Å². The lowest BCUT2D eigenvalue weighted by atomic mass is 10.2. The van der Waals surface area contributed by atoms with Gasteiger partial charge in [0.15, 0.2) is 11.5 Å². The van der Waals surface area contributed by atoms with Gasteiger partial charge in [-0.25, -0.2) is 0 Å². The number of oxime groups is 1. The van der Waals surface area contributed by atoms with Crippen LogP contribution in [0.1, 0.15) is 9.67 Å². The number of benzene rings is 1. The molecule has 0 radical (unpaired) electrons. The Morgan fingerprint density at radius 1 is 1.33 bits per heavy atom. The zero-order valence-electron chi connectivity index (χ0n) is 10.6. The molecule has 2 aromatic rings. The number of fused-ring (bicyclic) bond motifs is 1. The molecule has 0 unspecified atom stereocenters. The van der Waals surface area contributed by atoms with Crippen LogP contribution in [0.4, 0.5) is 5.69 Å². The van der Waals surface area contributed by atoms with Gasteiger partial charge in [0.1, 0.15) is 0 Å². The van der Waals surface area contributed by atoms with Crippen molar-refractivity contribution in [2.75, 3.05) is 11.5 Å². The third-order valence-electron chi connectivity index (χ3n) is 2.43. The summed E-state index contributed by atoms with van der Waals surface area (Å²) in [5.74, 6) is -2.04. The minimum Gasteiger partial charge on any atom is -0.398 e. The Labute approximate surface area is 124 Å². The molecule has 1 aromatic heterocycles. The summed E-state index contributed by atoms with van der Waals surface area (Å²) in [7, 11) is -4.19. The van der Waals surface area contributed by atoms with Crippen LogP contribution in [0.5, 0.6) is 0 Å². The van der Waals surface area contributed by atoms with Gasteiger partial charge in [-0.05, 0) is 23.4 Å². The molecule has 10 heteroatoms. The molecule has 0 saturated heterocycles. The van der Waals surface area contributed by atoms with E-state index in [4.69, 9.17) is 17.2 Å². The van der Waals surface area contributed by atoms with E-state index in [1.54, 1.807) is 24.3 Å². The lowest BCUT2D eigenvalue weighted by molar-refractivity contribution is 0.102. The first kappa shape index (κ1) is 15.1. The predicted molar refractivity (Wildman–Crippen MR) is 81.2 cm³/mol. The van der Waals surface area contributed by atoms with Gasteiger partial charge in [-0.2, -0.15) is 8.42 Å². The van der Waals surface area contributed by atoms with Crippen LogP contribution >= 0.6 is 11.3 Å². The van der Waals surface area contributed by atoms with Gasteiger partial charge < -0.3 is 17.2 Å². The minimum atomic E-state index is -4.19. The summed E-state index contributed by atoms with van der Waals surface area (Å²) in [6.07, 6.45) is 0. The van der Waals surface area contributed by atoms with Crippen LogP contribution in [-0.2, 0) is 14.4 Å². The van der Waals surface area contributed by atoms with Crippen molar-refractivity contribution in [2.45, 2.75) is 0 Å². The first-order chi connectivity index (χ1) is 9.78. The molecule has 0 aliphatic rings. The number of carbonyl (C=O) groups is 1. The number of hydrogen-bond donors (Lipinski definition) is 3. The number of nitrogens with two attached hydrogens (primary N) is 3. The normalized spacial score (nSPS) is 11.2. The quantitative estimate of drug-likeness (QED) is 0.233. The highest BCUT2D eigenvalue weighted by molar-refractivity contribution is 7.87. The van der Waals surface area contributed by atoms with Crippen LogP contribution in [-0.4, -0.2) is 25.9 Å². The van der Waals surface area contributed by atoms with E-state index in [9.17, 15) is 13.2 Å². The van der Waals surface area contributed by atoms with Gasteiger partial charge in [0, 0.05) is 15.8 Å². The first-order valence-corrected chi connectivity index (χ1v) is 7.99. The zero-order valence-corrected chi connectivity index (χ0v) is 12.3. The maximum atomic E-state index is 12.0. The molecular weight excluding hydrogens is 316 g/mol. The molecule has 1 heterocycles. The number of guanidine groups is 1. The minimum absolute atomic E-state index is 0.264. The number of nitrogens with zero attached hydrogens (tertiary/aromatic N) is 1. The second-order valence-corrected chi connectivity index (χ2v) is 6.72. The molecule has 6 N–H and O–H groups in total. The lowest BCUT2D eigenvalue weighted by Gasteiger charge is -1.99. The van der Waals surface area contributed by atoms with Crippen molar-refractivity contribution in [2.24, 2.45) is 16.6 Å².